The van der Waals surface area contributed by atoms with Gasteiger partial charge in [-0.2, -0.15) is 0 Å². The van der Waals surface area contributed by atoms with Crippen LogP contribution in [0.4, 0.5) is 0 Å². The van der Waals surface area contributed by atoms with Gasteiger partial charge in [0.15, 0.2) is 12.2 Å². The number of aliphatic carboxylic acids is 2. The molecule has 1 heterocycles. The van der Waals surface area contributed by atoms with E-state index in [9.17, 15) is 9.59 Å². The van der Waals surface area contributed by atoms with Gasteiger partial charge in [0.2, 0.25) is 0 Å². The van der Waals surface area contributed by atoms with Gasteiger partial charge in [-0.05, 0) is 19.3 Å². The molecule has 0 radical (unpaired) electrons. The quantitative estimate of drug-likeness (QED) is 0.539. The molecular weight excluding hydrogens is 252 g/mol. The van der Waals surface area contributed by atoms with Gasteiger partial charge in [0, 0.05) is 5.92 Å². The van der Waals surface area contributed by atoms with Gasteiger partial charge >= 0.3 is 11.9 Å². The maximum atomic E-state index is 10.7. The number of allylic oxidation sites excluding steroid dienone is 1. The maximum absolute atomic E-state index is 10.7. The summed E-state index contributed by atoms with van der Waals surface area (Å²) < 4.78 is 10.9. The van der Waals surface area contributed by atoms with E-state index in [0.29, 0.717) is 13.2 Å². The molecule has 0 atom stereocenters. The van der Waals surface area contributed by atoms with Crippen molar-refractivity contribution in [3.8, 4) is 0 Å². The number of hydrogen-bond donors (Lipinski definition) is 2. The highest BCUT2D eigenvalue weighted by atomic mass is 16.7. The second-order valence-electron chi connectivity index (χ2n) is 4.50. The van der Waals surface area contributed by atoms with E-state index in [0.717, 1.165) is 6.42 Å². The number of carbonyl (C=O) groups is 2. The summed E-state index contributed by atoms with van der Waals surface area (Å²) in [6.45, 7) is 3.08. The zero-order valence-corrected chi connectivity index (χ0v) is 10.9. The predicted molar refractivity (Wildman–Crippen MR) is 66.6 cm³/mol. The molecule has 0 bridgehead atoms. The summed E-state index contributed by atoms with van der Waals surface area (Å²) in [6.07, 6.45) is 4.81. The van der Waals surface area contributed by atoms with E-state index in [4.69, 9.17) is 19.7 Å². The number of ether oxygens (including phenoxy) is 2. The molecule has 108 valence electrons. The summed E-state index contributed by atoms with van der Waals surface area (Å²) in [7, 11) is 0. The van der Waals surface area contributed by atoms with E-state index in [2.05, 4.69) is 0 Å². The van der Waals surface area contributed by atoms with Gasteiger partial charge in [0.1, 0.15) is 0 Å². The fraction of sp³-hybridized carbons (Fsp3) is 0.692. The van der Waals surface area contributed by atoms with Gasteiger partial charge in [-0.15, -0.1) is 0 Å². The average Bonchev–Trinajstić information content (AvgIpc) is 2.37. The third-order valence-electron chi connectivity index (χ3n) is 2.92. The average molecular weight is 272 g/mol. The first-order valence-corrected chi connectivity index (χ1v) is 6.40. The highest BCUT2D eigenvalue weighted by Gasteiger charge is 2.28. The zero-order chi connectivity index (χ0) is 14.3. The second-order valence-corrected chi connectivity index (χ2v) is 4.50. The summed E-state index contributed by atoms with van der Waals surface area (Å²) in [4.78, 5) is 21.4. The first-order valence-electron chi connectivity index (χ1n) is 6.40. The summed E-state index contributed by atoms with van der Waals surface area (Å²) in [5.74, 6) is -3.84. The highest BCUT2D eigenvalue weighted by Crippen LogP contribution is 2.19. The molecule has 1 fully saturated rings. The van der Waals surface area contributed by atoms with Crippen LogP contribution in [0.3, 0.4) is 0 Å². The summed E-state index contributed by atoms with van der Waals surface area (Å²) in [6, 6.07) is 0. The molecule has 0 spiro atoms. The van der Waals surface area contributed by atoms with E-state index in [1.807, 2.05) is 19.1 Å². The molecule has 0 amide bonds. The molecule has 0 unspecified atom stereocenters. The van der Waals surface area contributed by atoms with Crippen LogP contribution in [0.15, 0.2) is 12.2 Å². The smallest absolute Gasteiger partial charge is 0.317 e. The first-order chi connectivity index (χ1) is 9.04. The van der Waals surface area contributed by atoms with Crippen LogP contribution in [0.25, 0.3) is 0 Å². The Morgan fingerprint density at radius 3 is 2.32 bits per heavy atom. The zero-order valence-electron chi connectivity index (χ0n) is 10.9. The third-order valence-corrected chi connectivity index (χ3v) is 2.92. The Bertz CT molecular complexity index is 316. The normalized spacial score (nSPS) is 23.9. The summed E-state index contributed by atoms with van der Waals surface area (Å²) in [5, 5.41) is 17.5. The minimum absolute atomic E-state index is 0.00476. The molecule has 0 aromatic rings. The van der Waals surface area contributed by atoms with E-state index in [1.165, 1.54) is 0 Å². The lowest BCUT2D eigenvalue weighted by atomic mass is 10.0. The summed E-state index contributed by atoms with van der Waals surface area (Å²) in [5.41, 5.74) is 0. The topological polar surface area (TPSA) is 93.1 Å². The van der Waals surface area contributed by atoms with Gasteiger partial charge in [-0.3, -0.25) is 9.59 Å². The monoisotopic (exact) mass is 272 g/mol. The van der Waals surface area contributed by atoms with Gasteiger partial charge < -0.3 is 19.7 Å². The highest BCUT2D eigenvalue weighted by molar-refractivity contribution is 5.92. The van der Waals surface area contributed by atoms with Crippen LogP contribution in [0, 0.1) is 11.8 Å². The van der Waals surface area contributed by atoms with Crippen LogP contribution >= 0.6 is 0 Å². The van der Waals surface area contributed by atoms with Crippen molar-refractivity contribution in [1.82, 2.24) is 0 Å². The molecule has 0 saturated carbocycles. The molecule has 0 aromatic carbocycles. The molecular formula is C13H20O6. The van der Waals surface area contributed by atoms with Crippen molar-refractivity contribution in [2.24, 2.45) is 11.8 Å². The fourth-order valence-corrected chi connectivity index (χ4v) is 1.82. The lowest BCUT2D eigenvalue weighted by Gasteiger charge is -2.28. The predicted octanol–water partition coefficient (Wildman–Crippen LogP) is 1.51. The molecule has 1 saturated heterocycles. The lowest BCUT2D eigenvalue weighted by Crippen LogP contribution is -2.33. The largest absolute Gasteiger partial charge is 0.481 e. The van der Waals surface area contributed by atoms with Crippen molar-refractivity contribution in [3.63, 3.8) is 0 Å². The molecule has 6 heteroatoms. The summed E-state index contributed by atoms with van der Waals surface area (Å²) >= 11 is 0. The van der Waals surface area contributed by atoms with E-state index >= 15 is 0 Å². The van der Waals surface area contributed by atoms with Crippen molar-refractivity contribution in [2.75, 3.05) is 13.2 Å². The van der Waals surface area contributed by atoms with Crippen molar-refractivity contribution in [3.05, 3.63) is 12.2 Å². The first kappa shape index (κ1) is 15.7. The Morgan fingerprint density at radius 2 is 1.84 bits per heavy atom. The molecule has 1 aliphatic rings. The van der Waals surface area contributed by atoms with Gasteiger partial charge in [-0.25, -0.2) is 0 Å². The molecule has 0 aliphatic carbocycles. The Morgan fingerprint density at radius 1 is 1.26 bits per heavy atom. The Hall–Kier alpha value is -1.40. The van der Waals surface area contributed by atoms with Crippen LogP contribution in [0.1, 0.15) is 26.2 Å². The molecule has 6 nitrogen and oxygen atoms in total. The van der Waals surface area contributed by atoms with E-state index in [-0.39, 0.29) is 18.8 Å². The number of hydrogen-bond acceptors (Lipinski definition) is 4. The van der Waals surface area contributed by atoms with E-state index in [1.54, 1.807) is 0 Å². The van der Waals surface area contributed by atoms with Crippen molar-refractivity contribution < 1.29 is 29.3 Å². The molecule has 19 heavy (non-hydrogen) atoms. The van der Waals surface area contributed by atoms with Crippen LogP contribution < -0.4 is 0 Å². The standard InChI is InChI=1S/C13H20O6/c1-2-3-4-9-7-18-11(19-8-9)6-5-10(12(14)15)13(16)17/h3-4,9-11H,2,5-8H2,1H3,(H,14,15)(H,16,17). The van der Waals surface area contributed by atoms with Crippen molar-refractivity contribution >= 4 is 11.9 Å². The third kappa shape index (κ3) is 5.40. The minimum atomic E-state index is -1.40. The maximum Gasteiger partial charge on any atom is 0.317 e. The van der Waals surface area contributed by atoms with E-state index < -0.39 is 24.1 Å². The van der Waals surface area contributed by atoms with Crippen LogP contribution in [0.2, 0.25) is 0 Å². The SMILES string of the molecule is CCC=CC1COC(CCC(C(=O)O)C(=O)O)OC1. The second kappa shape index (κ2) is 7.91. The van der Waals surface area contributed by atoms with Gasteiger partial charge in [0.05, 0.1) is 13.2 Å². The van der Waals surface area contributed by atoms with Crippen LogP contribution in [-0.2, 0) is 19.1 Å². The van der Waals surface area contributed by atoms with Gasteiger partial charge in [0.25, 0.3) is 0 Å². The number of carboxylic acids is 2. The van der Waals surface area contributed by atoms with Gasteiger partial charge in [-0.1, -0.05) is 19.1 Å². The van der Waals surface area contributed by atoms with Crippen LogP contribution in [0.5, 0.6) is 0 Å². The Kier molecular flexibility index (Phi) is 6.52. The molecule has 2 N–H and O–H groups in total. The molecule has 1 rings (SSSR count). The van der Waals surface area contributed by atoms with Crippen LogP contribution in [-0.4, -0.2) is 41.7 Å². The molecule has 0 aromatic heterocycles. The Balaban J connectivity index is 2.31. The van der Waals surface area contributed by atoms with Crippen molar-refractivity contribution in [1.29, 1.82) is 0 Å². The minimum Gasteiger partial charge on any atom is -0.481 e. The molecule has 1 aliphatic heterocycles. The fourth-order valence-electron chi connectivity index (χ4n) is 1.82. The lowest BCUT2D eigenvalue weighted by molar-refractivity contribution is -0.197. The Labute approximate surface area is 112 Å². The van der Waals surface area contributed by atoms with Crippen molar-refractivity contribution in [2.45, 2.75) is 32.5 Å². The number of rotatable bonds is 7. The number of carboxylic acid groups (broad SMARTS) is 2.